The summed E-state index contributed by atoms with van der Waals surface area (Å²) < 4.78 is 5.63. The van der Waals surface area contributed by atoms with Crippen molar-refractivity contribution in [3.05, 3.63) is 34.2 Å². The van der Waals surface area contributed by atoms with Gasteiger partial charge in [-0.1, -0.05) is 24.3 Å². The minimum absolute atomic E-state index is 0.644. The Hall–Kier alpha value is -1.32. The number of piperidine rings is 1. The quantitative estimate of drug-likeness (QED) is 0.849. The summed E-state index contributed by atoms with van der Waals surface area (Å²) in [7, 11) is 2.81. The number of hydrogen-bond acceptors (Lipinski definition) is 3. The van der Waals surface area contributed by atoms with Crippen LogP contribution in [-0.2, 0) is 4.74 Å². The van der Waals surface area contributed by atoms with Gasteiger partial charge >= 0.3 is 0 Å². The van der Waals surface area contributed by atoms with Crippen molar-refractivity contribution in [2.75, 3.05) is 27.3 Å². The molecule has 0 bridgehead atoms. The Labute approximate surface area is 121 Å². The number of fused-ring (bicyclic) bond motifs is 1. The Kier molecular flexibility index (Phi) is 5.62. The number of aliphatic hydroxyl groups is 1. The van der Waals surface area contributed by atoms with E-state index < -0.39 is 0 Å². The number of ether oxygens (including phenoxy) is 1. The van der Waals surface area contributed by atoms with Crippen LogP contribution in [0.25, 0.3) is 11.8 Å². The fraction of sp³-hybridized carbons (Fsp3) is 0.529. The Bertz CT molecular complexity index is 545. The monoisotopic (exact) mass is 275 g/mol. The second-order valence-electron chi connectivity index (χ2n) is 5.22. The van der Waals surface area contributed by atoms with Crippen molar-refractivity contribution >= 4 is 11.8 Å². The summed E-state index contributed by atoms with van der Waals surface area (Å²) >= 11 is 0. The van der Waals surface area contributed by atoms with Gasteiger partial charge in [-0.05, 0) is 42.5 Å². The number of rotatable bonds is 2. The molecule has 1 atom stereocenters. The highest BCUT2D eigenvalue weighted by Gasteiger charge is 2.18. The number of hydrogen-bond donors (Lipinski definition) is 2. The molecule has 1 unspecified atom stereocenters. The molecular weight excluding hydrogens is 250 g/mol. The van der Waals surface area contributed by atoms with Crippen LogP contribution in [0.5, 0.6) is 0 Å². The first kappa shape index (κ1) is 15.1. The maximum Gasteiger partial charge on any atom is 0.104 e. The summed E-state index contributed by atoms with van der Waals surface area (Å²) in [5.41, 5.74) is 1.48. The van der Waals surface area contributed by atoms with Crippen LogP contribution < -0.4 is 15.8 Å². The number of aliphatic hydroxyl groups excluding tert-OH is 1. The van der Waals surface area contributed by atoms with E-state index in [9.17, 15) is 0 Å². The summed E-state index contributed by atoms with van der Waals surface area (Å²) in [6, 6.07) is 6.69. The number of methoxy groups -OCH3 is 1. The third-order valence-electron chi connectivity index (χ3n) is 4.13. The van der Waals surface area contributed by atoms with Crippen molar-refractivity contribution in [2.45, 2.75) is 31.6 Å². The minimum Gasteiger partial charge on any atom is -0.500 e. The third-order valence-corrected chi connectivity index (χ3v) is 4.13. The lowest BCUT2D eigenvalue weighted by Gasteiger charge is -2.25. The molecule has 0 saturated carbocycles. The Morgan fingerprint density at radius 1 is 1.30 bits per heavy atom. The normalized spacial score (nSPS) is 21.1. The average Bonchev–Trinajstić information content (AvgIpc) is 2.56. The van der Waals surface area contributed by atoms with E-state index in [1.165, 1.54) is 41.1 Å². The van der Waals surface area contributed by atoms with Gasteiger partial charge in [0.1, 0.15) is 5.76 Å². The smallest absolute Gasteiger partial charge is 0.104 e. The van der Waals surface area contributed by atoms with Crippen LogP contribution in [0.2, 0.25) is 0 Å². The number of benzene rings is 1. The lowest BCUT2D eigenvalue weighted by molar-refractivity contribution is 0.347. The largest absolute Gasteiger partial charge is 0.500 e. The molecule has 110 valence electrons. The summed E-state index contributed by atoms with van der Waals surface area (Å²) in [4.78, 5) is 0. The van der Waals surface area contributed by atoms with Crippen molar-refractivity contribution in [2.24, 2.45) is 0 Å². The van der Waals surface area contributed by atoms with Gasteiger partial charge in [-0.3, -0.25) is 0 Å². The molecule has 3 rings (SSSR count). The zero-order valence-corrected chi connectivity index (χ0v) is 12.5. The molecule has 2 aliphatic rings. The molecule has 2 N–H and O–H groups in total. The zero-order chi connectivity index (χ0) is 14.4. The molecule has 1 aliphatic heterocycles. The van der Waals surface area contributed by atoms with Gasteiger partial charge in [-0.15, -0.1) is 0 Å². The second kappa shape index (κ2) is 7.46. The predicted molar refractivity (Wildman–Crippen MR) is 82.8 cm³/mol. The molecule has 1 saturated heterocycles. The molecule has 1 aromatic rings. The summed E-state index contributed by atoms with van der Waals surface area (Å²) in [6.45, 7) is 2.27. The lowest BCUT2D eigenvalue weighted by atomic mass is 9.88. The maximum absolute atomic E-state index is 7.00. The molecular formula is C17H25NO2. The highest BCUT2D eigenvalue weighted by Crippen LogP contribution is 2.21. The first-order chi connectivity index (χ1) is 9.90. The fourth-order valence-electron chi connectivity index (χ4n) is 3.23. The van der Waals surface area contributed by atoms with Crippen molar-refractivity contribution in [1.82, 2.24) is 5.32 Å². The van der Waals surface area contributed by atoms with Gasteiger partial charge in [0, 0.05) is 25.3 Å². The first-order valence-electron chi connectivity index (χ1n) is 7.42. The molecule has 0 spiro atoms. The first-order valence-corrected chi connectivity index (χ1v) is 7.42. The highest BCUT2D eigenvalue weighted by molar-refractivity contribution is 5.49. The molecule has 1 aliphatic carbocycles. The molecule has 0 amide bonds. The fourth-order valence-corrected chi connectivity index (χ4v) is 3.23. The van der Waals surface area contributed by atoms with Crippen LogP contribution in [0.1, 0.15) is 37.2 Å². The van der Waals surface area contributed by atoms with Crippen LogP contribution >= 0.6 is 0 Å². The summed E-state index contributed by atoms with van der Waals surface area (Å²) in [5, 5.41) is 13.2. The van der Waals surface area contributed by atoms with Crippen LogP contribution in [0, 0.1) is 0 Å². The van der Waals surface area contributed by atoms with E-state index in [1.807, 2.05) is 0 Å². The Balaban J connectivity index is 0.000000704. The van der Waals surface area contributed by atoms with Gasteiger partial charge in [-0.25, -0.2) is 0 Å². The molecule has 20 heavy (non-hydrogen) atoms. The summed E-state index contributed by atoms with van der Waals surface area (Å²) in [6.07, 6.45) is 7.06. The van der Waals surface area contributed by atoms with Gasteiger partial charge in [0.05, 0.1) is 7.11 Å². The number of nitrogens with one attached hydrogen (secondary N) is 1. The van der Waals surface area contributed by atoms with Crippen LogP contribution in [0.15, 0.2) is 18.2 Å². The molecule has 1 aromatic carbocycles. The van der Waals surface area contributed by atoms with Crippen molar-refractivity contribution in [3.63, 3.8) is 0 Å². The molecule has 0 radical (unpaired) electrons. The van der Waals surface area contributed by atoms with E-state index >= 15 is 0 Å². The Morgan fingerprint density at radius 3 is 2.85 bits per heavy atom. The van der Waals surface area contributed by atoms with Gasteiger partial charge < -0.3 is 15.2 Å². The van der Waals surface area contributed by atoms with Crippen LogP contribution in [0.4, 0.5) is 0 Å². The van der Waals surface area contributed by atoms with E-state index in [2.05, 4.69) is 29.6 Å². The molecule has 3 heteroatoms. The van der Waals surface area contributed by atoms with Gasteiger partial charge in [-0.2, -0.15) is 0 Å². The predicted octanol–water partition coefficient (Wildman–Crippen LogP) is 1.09. The average molecular weight is 275 g/mol. The van der Waals surface area contributed by atoms with Crippen LogP contribution in [-0.4, -0.2) is 32.4 Å². The van der Waals surface area contributed by atoms with Crippen LogP contribution in [0.3, 0.4) is 0 Å². The van der Waals surface area contributed by atoms with E-state index in [0.717, 1.165) is 26.5 Å². The van der Waals surface area contributed by atoms with Gasteiger partial charge in [0.25, 0.3) is 0 Å². The second-order valence-corrected chi connectivity index (χ2v) is 5.22. The van der Waals surface area contributed by atoms with Gasteiger partial charge in [0.2, 0.25) is 0 Å². The summed E-state index contributed by atoms with van der Waals surface area (Å²) in [5.74, 6) is 1.82. The van der Waals surface area contributed by atoms with E-state index in [1.54, 1.807) is 7.11 Å². The van der Waals surface area contributed by atoms with Crippen molar-refractivity contribution < 1.29 is 9.84 Å². The minimum atomic E-state index is 0.644. The van der Waals surface area contributed by atoms with E-state index in [-0.39, 0.29) is 0 Å². The lowest BCUT2D eigenvalue weighted by Crippen LogP contribution is -2.38. The molecule has 1 fully saturated rings. The van der Waals surface area contributed by atoms with Gasteiger partial charge in [0.15, 0.2) is 0 Å². The highest BCUT2D eigenvalue weighted by atomic mass is 16.5. The van der Waals surface area contributed by atoms with Crippen molar-refractivity contribution in [1.29, 1.82) is 0 Å². The van der Waals surface area contributed by atoms with E-state index in [0.29, 0.717) is 5.92 Å². The van der Waals surface area contributed by atoms with E-state index in [4.69, 9.17) is 9.84 Å². The topological polar surface area (TPSA) is 41.5 Å². The van der Waals surface area contributed by atoms with Crippen molar-refractivity contribution in [3.8, 4) is 0 Å². The SMILES string of the molecule is CO.COC1=c2c(C3CCCNC3)cccc2=CCC1. The molecule has 0 aromatic heterocycles. The third kappa shape index (κ3) is 3.05. The molecule has 3 nitrogen and oxygen atoms in total. The molecule has 1 heterocycles. The maximum atomic E-state index is 7.00. The zero-order valence-electron chi connectivity index (χ0n) is 12.5. The standard InChI is InChI=1S/C16H21NO.CH4O/c1-18-15-9-3-6-12-5-2-8-14(16(12)15)13-7-4-10-17-11-13;1-2/h2,5-6,8,13,17H,3-4,7,9-11H2,1H3;2H,1H3. The Morgan fingerprint density at radius 2 is 2.15 bits per heavy atom.